The standard InChI is InChI=1S/C16H21N3O2S2/c20-23(21)10-5-13(12-23)19-8-6-18(7-9-19)11-16-17-14-3-1-2-4-15(14)22-16/h1-4,13H,5-12H2/p+2/t13-/m0/s1. The normalized spacial score (nSPS) is 30.7. The summed E-state index contributed by atoms with van der Waals surface area (Å²) in [4.78, 5) is 7.81. The molecule has 1 atom stereocenters. The highest BCUT2D eigenvalue weighted by Gasteiger charge is 2.37. The molecule has 23 heavy (non-hydrogen) atoms. The van der Waals surface area contributed by atoms with Crippen molar-refractivity contribution >= 4 is 31.4 Å². The molecule has 0 unspecified atom stereocenters. The van der Waals surface area contributed by atoms with Crippen LogP contribution in [0.2, 0.25) is 0 Å². The van der Waals surface area contributed by atoms with Gasteiger partial charge in [0.1, 0.15) is 49.5 Å². The van der Waals surface area contributed by atoms with Gasteiger partial charge in [0.25, 0.3) is 0 Å². The fourth-order valence-electron chi connectivity index (χ4n) is 3.84. The Morgan fingerprint density at radius 3 is 2.65 bits per heavy atom. The van der Waals surface area contributed by atoms with E-state index in [0.29, 0.717) is 17.5 Å². The molecule has 2 aliphatic heterocycles. The van der Waals surface area contributed by atoms with Crippen molar-refractivity contribution in [2.24, 2.45) is 0 Å². The molecule has 0 radical (unpaired) electrons. The Hall–Kier alpha value is -1.02. The third-order valence-corrected chi connectivity index (χ3v) is 7.95. The van der Waals surface area contributed by atoms with E-state index in [-0.39, 0.29) is 0 Å². The van der Waals surface area contributed by atoms with E-state index in [9.17, 15) is 8.42 Å². The Kier molecular flexibility index (Phi) is 4.13. The van der Waals surface area contributed by atoms with Gasteiger partial charge < -0.3 is 9.80 Å². The predicted octanol–water partition coefficient (Wildman–Crippen LogP) is -1.23. The number of nitrogens with one attached hydrogen (secondary N) is 2. The van der Waals surface area contributed by atoms with Crippen LogP contribution in [-0.4, -0.2) is 57.1 Å². The van der Waals surface area contributed by atoms with E-state index in [1.165, 1.54) is 14.6 Å². The van der Waals surface area contributed by atoms with Gasteiger partial charge in [-0.1, -0.05) is 12.1 Å². The van der Waals surface area contributed by atoms with E-state index >= 15 is 0 Å². The van der Waals surface area contributed by atoms with E-state index in [2.05, 4.69) is 18.2 Å². The summed E-state index contributed by atoms with van der Waals surface area (Å²) in [5, 5.41) is 1.22. The van der Waals surface area contributed by atoms with Crippen molar-refractivity contribution in [2.45, 2.75) is 19.0 Å². The number of hydrogen-bond donors (Lipinski definition) is 2. The highest BCUT2D eigenvalue weighted by atomic mass is 32.2. The van der Waals surface area contributed by atoms with Gasteiger partial charge in [-0.15, -0.1) is 11.3 Å². The predicted molar refractivity (Wildman–Crippen MR) is 91.8 cm³/mol. The third kappa shape index (κ3) is 3.42. The van der Waals surface area contributed by atoms with Crippen LogP contribution < -0.4 is 9.80 Å². The van der Waals surface area contributed by atoms with Gasteiger partial charge in [0.05, 0.1) is 16.0 Å². The largest absolute Gasteiger partial charge is 0.322 e. The lowest BCUT2D eigenvalue weighted by atomic mass is 10.2. The highest BCUT2D eigenvalue weighted by molar-refractivity contribution is 7.91. The zero-order valence-corrected chi connectivity index (χ0v) is 14.8. The second kappa shape index (κ2) is 6.12. The van der Waals surface area contributed by atoms with Crippen LogP contribution in [0.1, 0.15) is 11.4 Å². The van der Waals surface area contributed by atoms with Gasteiger partial charge >= 0.3 is 0 Å². The monoisotopic (exact) mass is 353 g/mol. The second-order valence-electron chi connectivity index (χ2n) is 6.76. The average Bonchev–Trinajstić information content (AvgIpc) is 3.10. The number of fused-ring (bicyclic) bond motifs is 1. The smallest absolute Gasteiger partial charge is 0.156 e. The number of benzene rings is 1. The Morgan fingerprint density at radius 2 is 1.96 bits per heavy atom. The molecule has 2 aliphatic rings. The molecular weight excluding hydrogens is 330 g/mol. The number of quaternary nitrogens is 2. The van der Waals surface area contributed by atoms with Crippen LogP contribution in [0.25, 0.3) is 10.2 Å². The van der Waals surface area contributed by atoms with Gasteiger partial charge in [-0.05, 0) is 12.1 Å². The first kappa shape index (κ1) is 15.5. The number of piperazine rings is 1. The van der Waals surface area contributed by atoms with E-state index < -0.39 is 9.84 Å². The summed E-state index contributed by atoms with van der Waals surface area (Å²) in [6, 6.07) is 8.65. The molecule has 2 fully saturated rings. The van der Waals surface area contributed by atoms with Crippen molar-refractivity contribution < 1.29 is 18.2 Å². The summed E-state index contributed by atoms with van der Waals surface area (Å²) in [6.07, 6.45) is 0.852. The number of para-hydroxylation sites is 1. The van der Waals surface area contributed by atoms with Crippen LogP contribution in [0.4, 0.5) is 0 Å². The number of aromatic nitrogens is 1. The molecule has 2 saturated heterocycles. The maximum Gasteiger partial charge on any atom is 0.156 e. The molecule has 0 amide bonds. The molecule has 2 N–H and O–H groups in total. The van der Waals surface area contributed by atoms with Crippen LogP contribution in [0.3, 0.4) is 0 Å². The lowest BCUT2D eigenvalue weighted by Crippen LogP contribution is -3.29. The quantitative estimate of drug-likeness (QED) is 0.726. The van der Waals surface area contributed by atoms with E-state index in [0.717, 1.165) is 44.7 Å². The number of rotatable bonds is 3. The van der Waals surface area contributed by atoms with Crippen LogP contribution in [0.5, 0.6) is 0 Å². The van der Waals surface area contributed by atoms with Crippen molar-refractivity contribution in [1.82, 2.24) is 4.98 Å². The van der Waals surface area contributed by atoms with Crippen LogP contribution in [-0.2, 0) is 16.4 Å². The molecule has 124 valence electrons. The maximum atomic E-state index is 11.6. The molecule has 0 spiro atoms. The highest BCUT2D eigenvalue weighted by Crippen LogP contribution is 2.20. The van der Waals surface area contributed by atoms with Crippen LogP contribution >= 0.6 is 11.3 Å². The summed E-state index contributed by atoms with van der Waals surface area (Å²) in [6.45, 7) is 5.39. The Morgan fingerprint density at radius 1 is 1.17 bits per heavy atom. The Bertz CT molecular complexity index is 762. The minimum absolute atomic E-state index is 0.337. The first-order valence-electron chi connectivity index (χ1n) is 8.32. The van der Waals surface area contributed by atoms with Gasteiger partial charge in [0.15, 0.2) is 9.84 Å². The summed E-state index contributed by atoms with van der Waals surface area (Å²) >= 11 is 1.80. The molecule has 4 rings (SSSR count). The number of thiazole rings is 1. The zero-order chi connectivity index (χ0) is 15.9. The Labute approximate surface area is 140 Å². The first-order valence-corrected chi connectivity index (χ1v) is 11.0. The minimum atomic E-state index is -2.76. The summed E-state index contributed by atoms with van der Waals surface area (Å²) in [5.41, 5.74) is 1.10. The molecule has 7 heteroatoms. The fraction of sp³-hybridized carbons (Fsp3) is 0.562. The van der Waals surface area contributed by atoms with Crippen molar-refractivity contribution in [2.75, 3.05) is 37.7 Å². The van der Waals surface area contributed by atoms with Crippen molar-refractivity contribution in [3.63, 3.8) is 0 Å². The second-order valence-corrected chi connectivity index (χ2v) is 10.1. The number of hydrogen-bond acceptors (Lipinski definition) is 4. The molecule has 0 bridgehead atoms. The van der Waals surface area contributed by atoms with Crippen molar-refractivity contribution in [1.29, 1.82) is 0 Å². The van der Waals surface area contributed by atoms with E-state index in [4.69, 9.17) is 4.98 Å². The first-order chi connectivity index (χ1) is 11.1. The summed E-state index contributed by atoms with van der Waals surface area (Å²) < 4.78 is 24.6. The molecule has 3 heterocycles. The third-order valence-electron chi connectivity index (χ3n) is 5.15. The lowest BCUT2D eigenvalue weighted by molar-refractivity contribution is -1.03. The van der Waals surface area contributed by atoms with Crippen LogP contribution in [0, 0.1) is 0 Å². The Balaban J connectivity index is 1.34. The molecule has 0 saturated carbocycles. The molecule has 1 aromatic carbocycles. The number of sulfone groups is 1. The fourth-order valence-corrected chi connectivity index (χ4v) is 6.70. The van der Waals surface area contributed by atoms with Crippen molar-refractivity contribution in [3.8, 4) is 0 Å². The van der Waals surface area contributed by atoms with Gasteiger partial charge in [-0.2, -0.15) is 0 Å². The van der Waals surface area contributed by atoms with Crippen molar-refractivity contribution in [3.05, 3.63) is 29.3 Å². The lowest BCUT2D eigenvalue weighted by Gasteiger charge is -2.32. The molecule has 0 aliphatic carbocycles. The van der Waals surface area contributed by atoms with Crippen LogP contribution in [0.15, 0.2) is 24.3 Å². The van der Waals surface area contributed by atoms with Gasteiger partial charge in [-0.25, -0.2) is 13.4 Å². The molecule has 2 aromatic rings. The van der Waals surface area contributed by atoms with E-state index in [1.807, 2.05) is 6.07 Å². The molecule has 5 nitrogen and oxygen atoms in total. The number of nitrogens with zero attached hydrogens (tertiary/aromatic N) is 1. The molecular formula is C16H23N3O2S2+2. The molecule has 1 aromatic heterocycles. The van der Waals surface area contributed by atoms with Gasteiger partial charge in [-0.3, -0.25) is 0 Å². The van der Waals surface area contributed by atoms with Gasteiger partial charge in [0.2, 0.25) is 0 Å². The SMILES string of the molecule is O=S1(=O)CC[C@H]([NH+]2CC[NH+](Cc3nc4ccccc4s3)CC2)C1. The minimum Gasteiger partial charge on any atom is -0.322 e. The zero-order valence-electron chi connectivity index (χ0n) is 13.1. The topological polar surface area (TPSA) is 55.9 Å². The van der Waals surface area contributed by atoms with E-state index in [1.54, 1.807) is 16.2 Å². The maximum absolute atomic E-state index is 11.6. The summed E-state index contributed by atoms with van der Waals surface area (Å²) in [5.74, 6) is 0.791. The average molecular weight is 354 g/mol. The summed E-state index contributed by atoms with van der Waals surface area (Å²) in [7, 11) is -2.76. The van der Waals surface area contributed by atoms with Gasteiger partial charge in [0, 0.05) is 6.42 Å².